The molecule has 1 aromatic heterocycles. The summed E-state index contributed by atoms with van der Waals surface area (Å²) in [6.07, 6.45) is 3.96. The van der Waals surface area contributed by atoms with Gasteiger partial charge in [0.2, 0.25) is 5.88 Å². The molecule has 0 aliphatic heterocycles. The number of nitrogens with zero attached hydrogens (tertiary/aromatic N) is 1. The fraction of sp³-hybridized carbons (Fsp3) is 0.545. The number of aromatic nitrogens is 1. The Morgan fingerprint density at radius 3 is 2.79 bits per heavy atom. The molecular formula is C11H16N2O. The van der Waals surface area contributed by atoms with Gasteiger partial charge in [-0.3, -0.25) is 0 Å². The van der Waals surface area contributed by atoms with Crippen LogP contribution < -0.4 is 10.5 Å². The van der Waals surface area contributed by atoms with Gasteiger partial charge in [0.25, 0.3) is 0 Å². The molecule has 0 aromatic carbocycles. The zero-order valence-corrected chi connectivity index (χ0v) is 8.66. The predicted octanol–water partition coefficient (Wildman–Crippen LogP) is 1.82. The smallest absolute Gasteiger partial charge is 0.218 e. The quantitative estimate of drug-likeness (QED) is 0.794. The summed E-state index contributed by atoms with van der Waals surface area (Å²) in [6, 6.07) is 3.92. The molecule has 1 fully saturated rings. The van der Waals surface area contributed by atoms with E-state index < -0.39 is 0 Å². The summed E-state index contributed by atoms with van der Waals surface area (Å²) in [7, 11) is 0. The summed E-state index contributed by atoms with van der Waals surface area (Å²) >= 11 is 0. The molecule has 2 rings (SSSR count). The lowest BCUT2D eigenvalue weighted by molar-refractivity contribution is 0.228. The summed E-state index contributed by atoms with van der Waals surface area (Å²) in [6.45, 7) is 3.99. The van der Waals surface area contributed by atoms with Crippen LogP contribution in [0.3, 0.4) is 0 Å². The molecule has 1 saturated carbocycles. The van der Waals surface area contributed by atoms with Crippen LogP contribution in [-0.2, 0) is 5.54 Å². The van der Waals surface area contributed by atoms with Gasteiger partial charge in [-0.05, 0) is 32.8 Å². The number of pyridine rings is 1. The first-order valence-corrected chi connectivity index (χ1v) is 5.03. The van der Waals surface area contributed by atoms with Crippen molar-refractivity contribution in [2.75, 3.05) is 0 Å². The Morgan fingerprint density at radius 2 is 2.21 bits per heavy atom. The molecule has 1 aromatic rings. The molecule has 1 heterocycles. The first kappa shape index (κ1) is 9.46. The fourth-order valence-electron chi connectivity index (χ4n) is 1.49. The van der Waals surface area contributed by atoms with Crippen molar-refractivity contribution >= 4 is 0 Å². The summed E-state index contributed by atoms with van der Waals surface area (Å²) in [5.41, 5.74) is 7.01. The Labute approximate surface area is 84.3 Å². The Bertz CT molecular complexity index is 332. The van der Waals surface area contributed by atoms with E-state index in [2.05, 4.69) is 4.98 Å². The zero-order valence-electron chi connectivity index (χ0n) is 8.66. The normalized spacial score (nSPS) is 18.3. The van der Waals surface area contributed by atoms with Crippen molar-refractivity contribution in [3.05, 3.63) is 23.9 Å². The Balaban J connectivity index is 2.29. The van der Waals surface area contributed by atoms with Crippen LogP contribution in [0.2, 0.25) is 0 Å². The standard InChI is InChI=1S/C11H16N2O/c1-8(2)14-10-9(4-3-7-13-10)11(12)5-6-11/h3-4,7-8H,5-6,12H2,1-2H3. The van der Waals surface area contributed by atoms with Crippen LogP contribution in [-0.4, -0.2) is 11.1 Å². The van der Waals surface area contributed by atoms with Crippen molar-refractivity contribution in [1.82, 2.24) is 4.98 Å². The van der Waals surface area contributed by atoms with Crippen molar-refractivity contribution in [3.8, 4) is 5.88 Å². The number of hydrogen-bond acceptors (Lipinski definition) is 3. The maximum atomic E-state index is 6.12. The van der Waals surface area contributed by atoms with Crippen molar-refractivity contribution in [2.24, 2.45) is 5.73 Å². The van der Waals surface area contributed by atoms with Gasteiger partial charge in [-0.1, -0.05) is 6.07 Å². The van der Waals surface area contributed by atoms with Gasteiger partial charge < -0.3 is 10.5 Å². The van der Waals surface area contributed by atoms with E-state index in [0.717, 1.165) is 18.4 Å². The third kappa shape index (κ3) is 1.73. The minimum atomic E-state index is -0.168. The van der Waals surface area contributed by atoms with E-state index >= 15 is 0 Å². The van der Waals surface area contributed by atoms with Crippen LogP contribution in [0.15, 0.2) is 18.3 Å². The molecule has 0 spiro atoms. The van der Waals surface area contributed by atoms with Crippen LogP contribution in [0.5, 0.6) is 5.88 Å². The number of ether oxygens (including phenoxy) is 1. The summed E-state index contributed by atoms with van der Waals surface area (Å²) < 4.78 is 5.62. The second kappa shape index (κ2) is 3.24. The van der Waals surface area contributed by atoms with Crippen molar-refractivity contribution in [2.45, 2.75) is 38.3 Å². The first-order valence-electron chi connectivity index (χ1n) is 5.03. The number of hydrogen-bond donors (Lipinski definition) is 1. The molecule has 0 unspecified atom stereocenters. The number of rotatable bonds is 3. The summed E-state index contributed by atoms with van der Waals surface area (Å²) in [4.78, 5) is 4.22. The molecule has 2 N–H and O–H groups in total. The van der Waals surface area contributed by atoms with Gasteiger partial charge in [-0.25, -0.2) is 4.98 Å². The molecule has 1 aliphatic carbocycles. The van der Waals surface area contributed by atoms with Crippen molar-refractivity contribution in [3.63, 3.8) is 0 Å². The molecule has 0 radical (unpaired) electrons. The lowest BCUT2D eigenvalue weighted by Crippen LogP contribution is -2.21. The van der Waals surface area contributed by atoms with Crippen LogP contribution in [0, 0.1) is 0 Å². The van der Waals surface area contributed by atoms with E-state index in [1.54, 1.807) is 6.20 Å². The fourth-order valence-corrected chi connectivity index (χ4v) is 1.49. The van der Waals surface area contributed by atoms with Crippen molar-refractivity contribution in [1.29, 1.82) is 0 Å². The van der Waals surface area contributed by atoms with Crippen LogP contribution in [0.1, 0.15) is 32.3 Å². The lowest BCUT2D eigenvalue weighted by atomic mass is 10.1. The van der Waals surface area contributed by atoms with E-state index in [4.69, 9.17) is 10.5 Å². The van der Waals surface area contributed by atoms with Crippen LogP contribution in [0.25, 0.3) is 0 Å². The molecule has 3 heteroatoms. The monoisotopic (exact) mass is 192 g/mol. The molecule has 0 amide bonds. The molecule has 76 valence electrons. The van der Waals surface area contributed by atoms with E-state index in [1.807, 2.05) is 26.0 Å². The van der Waals surface area contributed by atoms with Gasteiger partial charge >= 0.3 is 0 Å². The Kier molecular flexibility index (Phi) is 2.19. The van der Waals surface area contributed by atoms with Gasteiger partial charge in [-0.2, -0.15) is 0 Å². The predicted molar refractivity (Wildman–Crippen MR) is 55.1 cm³/mol. The molecule has 3 nitrogen and oxygen atoms in total. The average molecular weight is 192 g/mol. The maximum Gasteiger partial charge on any atom is 0.218 e. The molecular weight excluding hydrogens is 176 g/mol. The van der Waals surface area contributed by atoms with Gasteiger partial charge in [-0.15, -0.1) is 0 Å². The second-order valence-corrected chi connectivity index (χ2v) is 4.18. The maximum absolute atomic E-state index is 6.12. The third-order valence-corrected chi connectivity index (χ3v) is 2.44. The van der Waals surface area contributed by atoms with Crippen LogP contribution >= 0.6 is 0 Å². The highest BCUT2D eigenvalue weighted by Gasteiger charge is 2.42. The molecule has 0 atom stereocenters. The molecule has 0 saturated heterocycles. The highest BCUT2D eigenvalue weighted by atomic mass is 16.5. The molecule has 14 heavy (non-hydrogen) atoms. The zero-order chi connectivity index (χ0) is 10.2. The van der Waals surface area contributed by atoms with Gasteiger partial charge in [0.1, 0.15) is 0 Å². The Morgan fingerprint density at radius 1 is 1.50 bits per heavy atom. The van der Waals surface area contributed by atoms with E-state index in [9.17, 15) is 0 Å². The highest BCUT2D eigenvalue weighted by Crippen LogP contribution is 2.45. The van der Waals surface area contributed by atoms with Gasteiger partial charge in [0, 0.05) is 17.3 Å². The number of nitrogens with two attached hydrogens (primary N) is 1. The van der Waals surface area contributed by atoms with Gasteiger partial charge in [0.05, 0.1) is 6.10 Å². The summed E-state index contributed by atoms with van der Waals surface area (Å²) in [5.74, 6) is 0.697. The van der Waals surface area contributed by atoms with E-state index in [-0.39, 0.29) is 11.6 Å². The SMILES string of the molecule is CC(C)Oc1ncccc1C1(N)CC1. The largest absolute Gasteiger partial charge is 0.475 e. The third-order valence-electron chi connectivity index (χ3n) is 2.44. The second-order valence-electron chi connectivity index (χ2n) is 4.18. The highest BCUT2D eigenvalue weighted by molar-refractivity contribution is 5.37. The topological polar surface area (TPSA) is 48.1 Å². The average Bonchev–Trinajstić information content (AvgIpc) is 2.84. The van der Waals surface area contributed by atoms with E-state index in [1.165, 1.54) is 0 Å². The van der Waals surface area contributed by atoms with Gasteiger partial charge in [0.15, 0.2) is 0 Å². The lowest BCUT2D eigenvalue weighted by Gasteiger charge is -2.16. The minimum absolute atomic E-state index is 0.144. The minimum Gasteiger partial charge on any atom is -0.475 e. The van der Waals surface area contributed by atoms with E-state index in [0.29, 0.717) is 5.88 Å². The Hall–Kier alpha value is -1.09. The van der Waals surface area contributed by atoms with Crippen molar-refractivity contribution < 1.29 is 4.74 Å². The first-order chi connectivity index (χ1) is 6.62. The summed E-state index contributed by atoms with van der Waals surface area (Å²) in [5, 5.41) is 0. The van der Waals surface area contributed by atoms with Crippen LogP contribution in [0.4, 0.5) is 0 Å². The molecule has 1 aliphatic rings. The molecule has 0 bridgehead atoms.